The second kappa shape index (κ2) is 3.13. The van der Waals surface area contributed by atoms with E-state index >= 15 is 0 Å². The van der Waals surface area contributed by atoms with Gasteiger partial charge in [0.1, 0.15) is 0 Å². The summed E-state index contributed by atoms with van der Waals surface area (Å²) in [4.78, 5) is 15.5. The Bertz CT molecular complexity index is 569. The van der Waals surface area contributed by atoms with E-state index in [1.165, 1.54) is 0 Å². The van der Waals surface area contributed by atoms with Gasteiger partial charge >= 0.3 is 11.9 Å². The molecule has 0 saturated carbocycles. The molecular weight excluding hydrogens is 277 g/mol. The second-order valence-corrected chi connectivity index (χ2v) is 3.81. The van der Waals surface area contributed by atoms with Crippen molar-refractivity contribution in [3.8, 4) is 0 Å². The molecule has 0 bridgehead atoms. The molecule has 3 nitrogen and oxygen atoms in total. The number of nitrogens with one attached hydrogen (secondary N) is 2. The Balaban J connectivity index is 2.78. The molecule has 0 spiro atoms. The standard InChI is InChI=1S/C8H4BrF3N2O/c9-4-1-3(8(10,11)12)2-5-6(4)14-7(15)13-5/h1-2H,(H2,13,14,15). The van der Waals surface area contributed by atoms with Crippen molar-refractivity contribution in [2.75, 3.05) is 0 Å². The van der Waals surface area contributed by atoms with Gasteiger partial charge in [-0.25, -0.2) is 4.79 Å². The van der Waals surface area contributed by atoms with E-state index in [1.54, 1.807) is 0 Å². The molecule has 0 amide bonds. The number of alkyl halides is 3. The van der Waals surface area contributed by atoms with Crippen LogP contribution in [0.3, 0.4) is 0 Å². The van der Waals surface area contributed by atoms with Gasteiger partial charge in [-0.2, -0.15) is 13.2 Å². The molecule has 0 saturated heterocycles. The molecule has 7 heteroatoms. The molecule has 1 heterocycles. The van der Waals surface area contributed by atoms with Crippen LogP contribution >= 0.6 is 15.9 Å². The smallest absolute Gasteiger partial charge is 0.306 e. The number of H-pyrrole nitrogens is 2. The molecule has 80 valence electrons. The highest BCUT2D eigenvalue weighted by molar-refractivity contribution is 9.10. The summed E-state index contributed by atoms with van der Waals surface area (Å²) in [5.74, 6) is 0. The number of hydrogen-bond donors (Lipinski definition) is 2. The van der Waals surface area contributed by atoms with E-state index in [-0.39, 0.29) is 9.99 Å². The fraction of sp³-hybridized carbons (Fsp3) is 0.125. The van der Waals surface area contributed by atoms with E-state index in [4.69, 9.17) is 0 Å². The predicted molar refractivity (Wildman–Crippen MR) is 51.6 cm³/mol. The van der Waals surface area contributed by atoms with Gasteiger partial charge < -0.3 is 9.97 Å². The van der Waals surface area contributed by atoms with Crippen molar-refractivity contribution in [1.82, 2.24) is 9.97 Å². The molecule has 0 radical (unpaired) electrons. The maximum Gasteiger partial charge on any atom is 0.416 e. The molecule has 0 aliphatic heterocycles. The SMILES string of the molecule is O=c1[nH]c2cc(C(F)(F)F)cc(Br)c2[nH]1. The molecule has 15 heavy (non-hydrogen) atoms. The fourth-order valence-corrected chi connectivity index (χ4v) is 1.82. The Morgan fingerprint density at radius 3 is 2.47 bits per heavy atom. The first kappa shape index (κ1) is 10.3. The lowest BCUT2D eigenvalue weighted by atomic mass is 10.2. The van der Waals surface area contributed by atoms with Gasteiger partial charge in [0.2, 0.25) is 0 Å². The molecule has 0 aliphatic carbocycles. The molecule has 0 aliphatic rings. The van der Waals surface area contributed by atoms with Gasteiger partial charge in [0.05, 0.1) is 16.6 Å². The first-order valence-electron chi connectivity index (χ1n) is 3.86. The number of rotatable bonds is 0. The first-order chi connectivity index (χ1) is 6.88. The minimum atomic E-state index is -4.43. The van der Waals surface area contributed by atoms with E-state index < -0.39 is 17.4 Å². The summed E-state index contributed by atoms with van der Waals surface area (Å²) in [5, 5.41) is 0. The van der Waals surface area contributed by atoms with Gasteiger partial charge in [-0.05, 0) is 28.1 Å². The maximum atomic E-state index is 12.4. The van der Waals surface area contributed by atoms with Crippen LogP contribution in [0.5, 0.6) is 0 Å². The Labute approximate surface area is 89.4 Å². The van der Waals surface area contributed by atoms with Crippen molar-refractivity contribution in [2.45, 2.75) is 6.18 Å². The molecule has 0 unspecified atom stereocenters. The predicted octanol–water partition coefficient (Wildman–Crippen LogP) is 2.64. The third-order valence-electron chi connectivity index (χ3n) is 1.90. The van der Waals surface area contributed by atoms with Gasteiger partial charge in [0, 0.05) is 4.47 Å². The Kier molecular flexibility index (Phi) is 2.14. The van der Waals surface area contributed by atoms with E-state index in [0.29, 0.717) is 5.52 Å². The minimum absolute atomic E-state index is 0.127. The zero-order chi connectivity index (χ0) is 11.2. The number of hydrogen-bond acceptors (Lipinski definition) is 1. The molecule has 0 fully saturated rings. The molecule has 2 rings (SSSR count). The summed E-state index contributed by atoms with van der Waals surface area (Å²) < 4.78 is 37.3. The van der Waals surface area contributed by atoms with Crippen molar-refractivity contribution in [1.29, 1.82) is 0 Å². The van der Waals surface area contributed by atoms with Crippen LogP contribution in [0.1, 0.15) is 5.56 Å². The van der Waals surface area contributed by atoms with Crippen LogP contribution < -0.4 is 5.69 Å². The molecule has 2 N–H and O–H groups in total. The average molecular weight is 281 g/mol. The van der Waals surface area contributed by atoms with Crippen molar-refractivity contribution in [3.05, 3.63) is 32.7 Å². The third-order valence-corrected chi connectivity index (χ3v) is 2.53. The van der Waals surface area contributed by atoms with Crippen molar-refractivity contribution < 1.29 is 13.2 Å². The summed E-state index contributed by atoms with van der Waals surface area (Å²) in [6.45, 7) is 0. The maximum absolute atomic E-state index is 12.4. The largest absolute Gasteiger partial charge is 0.416 e. The van der Waals surface area contributed by atoms with E-state index in [0.717, 1.165) is 12.1 Å². The van der Waals surface area contributed by atoms with Crippen LogP contribution in [0, 0.1) is 0 Å². The molecule has 1 aromatic carbocycles. The summed E-state index contributed by atoms with van der Waals surface area (Å²) in [6, 6.07) is 1.81. The lowest BCUT2D eigenvalue weighted by Gasteiger charge is -2.06. The lowest BCUT2D eigenvalue weighted by Crippen LogP contribution is -2.04. The Morgan fingerprint density at radius 1 is 1.20 bits per heavy atom. The van der Waals surface area contributed by atoms with Gasteiger partial charge in [-0.15, -0.1) is 0 Å². The molecule has 0 atom stereocenters. The van der Waals surface area contributed by atoms with Crippen molar-refractivity contribution in [3.63, 3.8) is 0 Å². The zero-order valence-electron chi connectivity index (χ0n) is 7.07. The van der Waals surface area contributed by atoms with Gasteiger partial charge in [0.15, 0.2) is 0 Å². The summed E-state index contributed by atoms with van der Waals surface area (Å²) in [5.41, 5.74) is -0.892. The van der Waals surface area contributed by atoms with Crippen molar-refractivity contribution in [2.24, 2.45) is 0 Å². The normalized spacial score (nSPS) is 12.3. The molecule has 1 aromatic heterocycles. The first-order valence-corrected chi connectivity index (χ1v) is 4.66. The van der Waals surface area contributed by atoms with Crippen LogP contribution in [-0.2, 0) is 6.18 Å². The van der Waals surface area contributed by atoms with E-state index in [9.17, 15) is 18.0 Å². The minimum Gasteiger partial charge on any atom is -0.306 e. The lowest BCUT2D eigenvalue weighted by molar-refractivity contribution is -0.137. The number of imidazole rings is 1. The highest BCUT2D eigenvalue weighted by Crippen LogP contribution is 2.33. The molecule has 2 aromatic rings. The number of aromatic nitrogens is 2. The quantitative estimate of drug-likeness (QED) is 0.766. The number of halogens is 4. The monoisotopic (exact) mass is 280 g/mol. The third kappa shape index (κ3) is 1.79. The summed E-state index contributed by atoms with van der Waals surface area (Å²) in [7, 11) is 0. The number of benzene rings is 1. The Hall–Kier alpha value is -1.24. The zero-order valence-corrected chi connectivity index (χ0v) is 8.66. The highest BCUT2D eigenvalue weighted by Gasteiger charge is 2.31. The second-order valence-electron chi connectivity index (χ2n) is 2.96. The van der Waals surface area contributed by atoms with Crippen LogP contribution in [0.25, 0.3) is 11.0 Å². The highest BCUT2D eigenvalue weighted by atomic mass is 79.9. The van der Waals surface area contributed by atoms with Crippen LogP contribution in [-0.4, -0.2) is 9.97 Å². The van der Waals surface area contributed by atoms with E-state index in [1.807, 2.05) is 0 Å². The van der Waals surface area contributed by atoms with Crippen molar-refractivity contribution >= 4 is 27.0 Å². The van der Waals surface area contributed by atoms with E-state index in [2.05, 4.69) is 25.9 Å². The average Bonchev–Trinajstić information content (AvgIpc) is 2.44. The van der Waals surface area contributed by atoms with Gasteiger partial charge in [-0.1, -0.05) is 0 Å². The van der Waals surface area contributed by atoms with Crippen LogP contribution in [0.15, 0.2) is 21.4 Å². The van der Waals surface area contributed by atoms with Gasteiger partial charge in [0.25, 0.3) is 0 Å². The number of aromatic amines is 2. The Morgan fingerprint density at radius 2 is 1.87 bits per heavy atom. The van der Waals surface area contributed by atoms with Crippen LogP contribution in [0.2, 0.25) is 0 Å². The summed E-state index contributed by atoms with van der Waals surface area (Å²) >= 11 is 2.96. The summed E-state index contributed by atoms with van der Waals surface area (Å²) in [6.07, 6.45) is -4.43. The number of fused-ring (bicyclic) bond motifs is 1. The molecular formula is C8H4BrF3N2O. The fourth-order valence-electron chi connectivity index (χ4n) is 1.26. The topological polar surface area (TPSA) is 48.6 Å². The van der Waals surface area contributed by atoms with Crippen LogP contribution in [0.4, 0.5) is 13.2 Å². The van der Waals surface area contributed by atoms with Gasteiger partial charge in [-0.3, -0.25) is 0 Å².